The van der Waals surface area contributed by atoms with Crippen molar-refractivity contribution in [1.29, 1.82) is 5.26 Å². The van der Waals surface area contributed by atoms with Crippen LogP contribution in [0.2, 0.25) is 5.15 Å². The molecule has 68 valence electrons. The van der Waals surface area contributed by atoms with E-state index in [1.807, 2.05) is 6.07 Å². The fourth-order valence-electron chi connectivity index (χ4n) is 1.11. The molecule has 0 atom stereocenters. The van der Waals surface area contributed by atoms with Gasteiger partial charge in [0.05, 0.1) is 12.3 Å². The predicted octanol–water partition coefficient (Wildman–Crippen LogP) is 1.92. The standard InChI is InChI=1S/C9H5ClN4/c10-8-3-5-14-9(13-8)7(6-12-14)2-1-4-11/h1-3,5-6H. The topological polar surface area (TPSA) is 54.0 Å². The van der Waals surface area contributed by atoms with Gasteiger partial charge in [0.2, 0.25) is 0 Å². The van der Waals surface area contributed by atoms with Crippen LogP contribution in [0.4, 0.5) is 0 Å². The zero-order valence-electron chi connectivity index (χ0n) is 7.05. The van der Waals surface area contributed by atoms with Gasteiger partial charge in [-0.1, -0.05) is 11.6 Å². The number of aromatic nitrogens is 3. The first-order valence-electron chi connectivity index (χ1n) is 3.87. The Kier molecular flexibility index (Phi) is 2.17. The molecule has 0 unspecified atom stereocenters. The zero-order chi connectivity index (χ0) is 9.97. The summed E-state index contributed by atoms with van der Waals surface area (Å²) < 4.78 is 1.60. The van der Waals surface area contributed by atoms with Crippen molar-refractivity contribution in [3.63, 3.8) is 0 Å². The third kappa shape index (κ3) is 1.45. The Balaban J connectivity index is 2.62. The van der Waals surface area contributed by atoms with E-state index in [1.54, 1.807) is 29.1 Å². The first kappa shape index (κ1) is 8.73. The summed E-state index contributed by atoms with van der Waals surface area (Å²) in [6.45, 7) is 0. The van der Waals surface area contributed by atoms with Crippen LogP contribution in [0.5, 0.6) is 0 Å². The molecule has 5 heteroatoms. The molecule has 2 aromatic rings. The van der Waals surface area contributed by atoms with E-state index in [9.17, 15) is 0 Å². The number of nitriles is 1. The Morgan fingerprint density at radius 1 is 1.57 bits per heavy atom. The van der Waals surface area contributed by atoms with Gasteiger partial charge < -0.3 is 0 Å². The zero-order valence-corrected chi connectivity index (χ0v) is 7.81. The molecule has 0 aliphatic rings. The lowest BCUT2D eigenvalue weighted by atomic mass is 10.3. The smallest absolute Gasteiger partial charge is 0.163 e. The first-order valence-corrected chi connectivity index (χ1v) is 4.25. The maximum absolute atomic E-state index is 8.38. The molecular formula is C9H5ClN4. The van der Waals surface area contributed by atoms with Crippen LogP contribution in [0.1, 0.15) is 5.56 Å². The number of hydrogen-bond acceptors (Lipinski definition) is 3. The molecule has 0 saturated heterocycles. The largest absolute Gasteiger partial charge is 0.222 e. The van der Waals surface area contributed by atoms with E-state index in [0.717, 1.165) is 5.56 Å². The molecule has 0 fully saturated rings. The number of halogens is 1. The normalized spacial score (nSPS) is 10.9. The highest BCUT2D eigenvalue weighted by Gasteiger charge is 2.02. The van der Waals surface area contributed by atoms with Crippen LogP contribution in [-0.4, -0.2) is 14.6 Å². The number of hydrogen-bond donors (Lipinski definition) is 0. The van der Waals surface area contributed by atoms with Gasteiger partial charge in [-0.05, 0) is 12.1 Å². The average Bonchev–Trinajstić information content (AvgIpc) is 2.57. The van der Waals surface area contributed by atoms with Crippen molar-refractivity contribution in [2.24, 2.45) is 0 Å². The van der Waals surface area contributed by atoms with Gasteiger partial charge in [0, 0.05) is 17.8 Å². The molecule has 2 heterocycles. The number of allylic oxidation sites excluding steroid dienone is 1. The third-order valence-electron chi connectivity index (χ3n) is 1.70. The van der Waals surface area contributed by atoms with Gasteiger partial charge in [-0.15, -0.1) is 0 Å². The molecule has 0 N–H and O–H groups in total. The lowest BCUT2D eigenvalue weighted by Gasteiger charge is -1.92. The summed E-state index contributed by atoms with van der Waals surface area (Å²) in [5, 5.41) is 12.8. The van der Waals surface area contributed by atoms with E-state index in [2.05, 4.69) is 10.1 Å². The maximum atomic E-state index is 8.38. The molecule has 2 aromatic heterocycles. The van der Waals surface area contributed by atoms with E-state index in [4.69, 9.17) is 16.9 Å². The summed E-state index contributed by atoms with van der Waals surface area (Å²) in [5.74, 6) is 0. The molecule has 0 radical (unpaired) electrons. The van der Waals surface area contributed by atoms with Crippen molar-refractivity contribution in [2.45, 2.75) is 0 Å². The van der Waals surface area contributed by atoms with Crippen LogP contribution in [-0.2, 0) is 0 Å². The van der Waals surface area contributed by atoms with E-state index in [0.29, 0.717) is 10.8 Å². The van der Waals surface area contributed by atoms with Gasteiger partial charge in [0.15, 0.2) is 5.65 Å². The van der Waals surface area contributed by atoms with Crippen LogP contribution < -0.4 is 0 Å². The summed E-state index contributed by atoms with van der Waals surface area (Å²) in [6.07, 6.45) is 6.37. The second-order valence-corrected chi connectivity index (χ2v) is 2.97. The SMILES string of the molecule is N#CC=Cc1cnn2ccc(Cl)nc12. The summed E-state index contributed by atoms with van der Waals surface area (Å²) >= 11 is 5.74. The average molecular weight is 205 g/mol. The molecule has 4 nitrogen and oxygen atoms in total. The fraction of sp³-hybridized carbons (Fsp3) is 0. The minimum absolute atomic E-state index is 0.407. The van der Waals surface area contributed by atoms with E-state index in [-0.39, 0.29) is 0 Å². The summed E-state index contributed by atoms with van der Waals surface area (Å²) in [4.78, 5) is 4.09. The summed E-state index contributed by atoms with van der Waals surface area (Å²) in [7, 11) is 0. The van der Waals surface area contributed by atoms with Gasteiger partial charge in [-0.25, -0.2) is 9.50 Å². The number of nitrogens with zero attached hydrogens (tertiary/aromatic N) is 4. The third-order valence-corrected chi connectivity index (χ3v) is 1.91. The molecule has 0 aromatic carbocycles. The number of rotatable bonds is 1. The highest BCUT2D eigenvalue weighted by Crippen LogP contribution is 2.12. The van der Waals surface area contributed by atoms with Gasteiger partial charge in [-0.2, -0.15) is 10.4 Å². The Bertz CT molecular complexity index is 535. The molecule has 0 amide bonds. The molecule has 0 saturated carbocycles. The summed E-state index contributed by atoms with van der Waals surface area (Å²) in [5.41, 5.74) is 1.41. The van der Waals surface area contributed by atoms with Crippen LogP contribution >= 0.6 is 11.6 Å². The van der Waals surface area contributed by atoms with Crippen molar-refractivity contribution >= 4 is 23.3 Å². The van der Waals surface area contributed by atoms with Gasteiger partial charge in [0.1, 0.15) is 5.15 Å². The second kappa shape index (κ2) is 3.48. The lowest BCUT2D eigenvalue weighted by molar-refractivity contribution is 0.939. The minimum atomic E-state index is 0.407. The van der Waals surface area contributed by atoms with Crippen molar-refractivity contribution in [2.75, 3.05) is 0 Å². The highest BCUT2D eigenvalue weighted by atomic mass is 35.5. The molecule has 14 heavy (non-hydrogen) atoms. The molecule has 0 aliphatic heterocycles. The Hall–Kier alpha value is -1.86. The Labute approximate surface area is 85.1 Å². The van der Waals surface area contributed by atoms with Gasteiger partial charge >= 0.3 is 0 Å². The van der Waals surface area contributed by atoms with Gasteiger partial charge in [-0.3, -0.25) is 0 Å². The first-order chi connectivity index (χ1) is 6.81. The fourth-order valence-corrected chi connectivity index (χ4v) is 1.25. The van der Waals surface area contributed by atoms with Crippen molar-refractivity contribution < 1.29 is 0 Å². The van der Waals surface area contributed by atoms with Crippen LogP contribution in [0.25, 0.3) is 11.7 Å². The Morgan fingerprint density at radius 2 is 2.43 bits per heavy atom. The lowest BCUT2D eigenvalue weighted by Crippen LogP contribution is -1.88. The molecule has 2 rings (SSSR count). The second-order valence-electron chi connectivity index (χ2n) is 2.58. The van der Waals surface area contributed by atoms with Crippen LogP contribution in [0.15, 0.2) is 24.5 Å². The number of fused-ring (bicyclic) bond motifs is 1. The molecule has 0 spiro atoms. The molecular weight excluding hydrogens is 200 g/mol. The van der Waals surface area contributed by atoms with E-state index in [1.165, 1.54) is 6.08 Å². The van der Waals surface area contributed by atoms with Gasteiger partial charge in [0.25, 0.3) is 0 Å². The predicted molar refractivity (Wildman–Crippen MR) is 52.6 cm³/mol. The highest BCUT2D eigenvalue weighted by molar-refractivity contribution is 6.29. The summed E-state index contributed by atoms with van der Waals surface area (Å²) in [6, 6.07) is 3.56. The minimum Gasteiger partial charge on any atom is -0.222 e. The van der Waals surface area contributed by atoms with E-state index >= 15 is 0 Å². The maximum Gasteiger partial charge on any atom is 0.163 e. The van der Waals surface area contributed by atoms with E-state index < -0.39 is 0 Å². The monoisotopic (exact) mass is 204 g/mol. The molecule has 0 aliphatic carbocycles. The van der Waals surface area contributed by atoms with Crippen LogP contribution in [0.3, 0.4) is 0 Å². The quantitative estimate of drug-likeness (QED) is 0.527. The van der Waals surface area contributed by atoms with Crippen molar-refractivity contribution in [1.82, 2.24) is 14.6 Å². The van der Waals surface area contributed by atoms with Crippen molar-refractivity contribution in [3.05, 3.63) is 35.3 Å². The van der Waals surface area contributed by atoms with Crippen LogP contribution in [0, 0.1) is 11.3 Å². The Morgan fingerprint density at radius 3 is 3.21 bits per heavy atom. The van der Waals surface area contributed by atoms with Crippen molar-refractivity contribution in [3.8, 4) is 6.07 Å². The molecule has 0 bridgehead atoms.